The summed E-state index contributed by atoms with van der Waals surface area (Å²) < 4.78 is 12.1. The quantitative estimate of drug-likeness (QED) is 0.484. The van der Waals surface area contributed by atoms with E-state index in [4.69, 9.17) is 0 Å². The van der Waals surface area contributed by atoms with Crippen LogP contribution in [0.4, 0.5) is 4.39 Å². The van der Waals surface area contributed by atoms with Crippen molar-refractivity contribution in [1.29, 1.82) is 0 Å². The highest BCUT2D eigenvalue weighted by molar-refractivity contribution is 5.05. The minimum Gasteiger partial charge on any atom is -0.212 e. The fourth-order valence-electron chi connectivity index (χ4n) is 0.318. The van der Waals surface area contributed by atoms with E-state index in [-0.39, 0.29) is 5.83 Å². The lowest BCUT2D eigenvalue weighted by molar-refractivity contribution is 0.604. The molecule has 0 aromatic carbocycles. The van der Waals surface area contributed by atoms with Gasteiger partial charge in [-0.05, 0) is 19.4 Å². The van der Waals surface area contributed by atoms with Crippen molar-refractivity contribution < 1.29 is 4.39 Å². The first-order valence-corrected chi connectivity index (χ1v) is 2.78. The Bertz CT molecular complexity index is 101. The molecule has 0 rings (SSSR count). The largest absolute Gasteiger partial charge is 0.212 e. The summed E-state index contributed by atoms with van der Waals surface area (Å²) in [6.45, 7) is 3.65. The van der Waals surface area contributed by atoms with E-state index in [1.54, 1.807) is 19.1 Å². The topological polar surface area (TPSA) is 0 Å². The van der Waals surface area contributed by atoms with Crippen LogP contribution in [0.25, 0.3) is 0 Å². The molecule has 0 bridgehead atoms. The summed E-state index contributed by atoms with van der Waals surface area (Å²) in [6.07, 6.45) is 5.46. The minimum absolute atomic E-state index is 0.0666. The van der Waals surface area contributed by atoms with Crippen LogP contribution < -0.4 is 0 Å². The lowest BCUT2D eigenvalue weighted by Crippen LogP contribution is -1.63. The van der Waals surface area contributed by atoms with Gasteiger partial charge in [0.15, 0.2) is 0 Å². The summed E-state index contributed by atoms with van der Waals surface area (Å²) in [5.41, 5.74) is 0. The normalized spacial score (nSPS) is 13.1. The van der Waals surface area contributed by atoms with Crippen molar-refractivity contribution in [2.75, 3.05) is 0 Å². The van der Waals surface area contributed by atoms with Gasteiger partial charge in [-0.15, -0.1) is 0 Å². The standard InChI is InChI=1S/C7H11F/c1-3-5-6-7(8)4-2/h3,5-6H,4H2,1-2H3. The van der Waals surface area contributed by atoms with Crippen LogP contribution in [0.5, 0.6) is 0 Å². The SMILES string of the molecule is CC=CC=C(F)CC. The molecule has 1 heteroatoms. The lowest BCUT2D eigenvalue weighted by Gasteiger charge is -1.81. The van der Waals surface area contributed by atoms with Crippen molar-refractivity contribution in [3.63, 3.8) is 0 Å². The van der Waals surface area contributed by atoms with Crippen LogP contribution in [0.1, 0.15) is 20.3 Å². The van der Waals surface area contributed by atoms with E-state index in [1.165, 1.54) is 6.08 Å². The third-order valence-corrected chi connectivity index (χ3v) is 0.807. The second-order valence-electron chi connectivity index (χ2n) is 1.49. The molecule has 0 aliphatic rings. The molecule has 8 heavy (non-hydrogen) atoms. The lowest BCUT2D eigenvalue weighted by atomic mass is 10.3. The summed E-state index contributed by atoms with van der Waals surface area (Å²) >= 11 is 0. The Kier molecular flexibility index (Phi) is 4.23. The molecule has 46 valence electrons. The van der Waals surface area contributed by atoms with E-state index in [9.17, 15) is 4.39 Å². The highest BCUT2D eigenvalue weighted by Gasteiger charge is 1.81. The first kappa shape index (κ1) is 7.41. The van der Waals surface area contributed by atoms with Crippen LogP contribution in [0.2, 0.25) is 0 Å². The number of rotatable bonds is 2. The summed E-state index contributed by atoms with van der Waals surface area (Å²) in [7, 11) is 0. The third kappa shape index (κ3) is 3.59. The molecule has 0 saturated heterocycles. The highest BCUT2D eigenvalue weighted by Crippen LogP contribution is 2.00. The summed E-state index contributed by atoms with van der Waals surface area (Å²) in [4.78, 5) is 0. The van der Waals surface area contributed by atoms with Crippen LogP contribution in [0.15, 0.2) is 24.1 Å². The van der Waals surface area contributed by atoms with Gasteiger partial charge in [-0.1, -0.05) is 19.1 Å². The smallest absolute Gasteiger partial charge is 0.0996 e. The maximum atomic E-state index is 12.1. The van der Waals surface area contributed by atoms with Gasteiger partial charge in [0.05, 0.1) is 5.83 Å². The van der Waals surface area contributed by atoms with Gasteiger partial charge in [0.1, 0.15) is 0 Å². The predicted molar refractivity (Wildman–Crippen MR) is 34.3 cm³/mol. The van der Waals surface area contributed by atoms with Crippen molar-refractivity contribution in [2.24, 2.45) is 0 Å². The summed E-state index contributed by atoms with van der Waals surface area (Å²) in [6, 6.07) is 0. The van der Waals surface area contributed by atoms with Gasteiger partial charge in [-0.25, -0.2) is 4.39 Å². The average Bonchev–Trinajstić information content (AvgIpc) is 1.83. The summed E-state index contributed by atoms with van der Waals surface area (Å²) in [5.74, 6) is -0.0666. The number of halogens is 1. The molecule has 0 heterocycles. The van der Waals surface area contributed by atoms with Crippen LogP contribution >= 0.6 is 0 Å². The number of hydrogen-bond donors (Lipinski definition) is 0. The molecule has 0 aliphatic heterocycles. The minimum atomic E-state index is -0.0666. The zero-order chi connectivity index (χ0) is 6.41. The molecule has 0 saturated carbocycles. The Labute approximate surface area is 49.7 Å². The molecule has 0 spiro atoms. The van der Waals surface area contributed by atoms with Gasteiger partial charge >= 0.3 is 0 Å². The molecule has 0 fully saturated rings. The molecular weight excluding hydrogens is 103 g/mol. The van der Waals surface area contributed by atoms with Crippen molar-refractivity contribution >= 4 is 0 Å². The highest BCUT2D eigenvalue weighted by atomic mass is 19.1. The fourth-order valence-corrected chi connectivity index (χ4v) is 0.318. The molecule has 0 nitrogen and oxygen atoms in total. The molecule has 0 unspecified atom stereocenters. The zero-order valence-corrected chi connectivity index (χ0v) is 5.32. The molecule has 0 atom stereocenters. The van der Waals surface area contributed by atoms with Crippen LogP contribution in [-0.4, -0.2) is 0 Å². The van der Waals surface area contributed by atoms with E-state index in [0.29, 0.717) is 6.42 Å². The summed E-state index contributed by atoms with van der Waals surface area (Å²) in [5, 5.41) is 0. The maximum absolute atomic E-state index is 12.1. The molecule has 0 amide bonds. The molecule has 0 N–H and O–H groups in total. The third-order valence-electron chi connectivity index (χ3n) is 0.807. The molecule has 0 aromatic heterocycles. The molecule has 0 aromatic rings. The van der Waals surface area contributed by atoms with E-state index in [1.807, 2.05) is 6.92 Å². The van der Waals surface area contributed by atoms with Crippen LogP contribution in [0, 0.1) is 0 Å². The molecule has 0 aliphatic carbocycles. The Balaban J connectivity index is 3.57. The van der Waals surface area contributed by atoms with Crippen LogP contribution in [-0.2, 0) is 0 Å². The number of allylic oxidation sites excluding steroid dienone is 4. The Hall–Kier alpha value is -0.590. The van der Waals surface area contributed by atoms with E-state index >= 15 is 0 Å². The monoisotopic (exact) mass is 114 g/mol. The van der Waals surface area contributed by atoms with E-state index in [0.717, 1.165) is 0 Å². The van der Waals surface area contributed by atoms with Crippen molar-refractivity contribution in [2.45, 2.75) is 20.3 Å². The van der Waals surface area contributed by atoms with E-state index < -0.39 is 0 Å². The second-order valence-corrected chi connectivity index (χ2v) is 1.49. The van der Waals surface area contributed by atoms with Gasteiger partial charge in [0.25, 0.3) is 0 Å². The number of hydrogen-bond acceptors (Lipinski definition) is 0. The Morgan fingerprint density at radius 1 is 1.62 bits per heavy atom. The second kappa shape index (κ2) is 4.57. The Morgan fingerprint density at radius 3 is 2.62 bits per heavy atom. The van der Waals surface area contributed by atoms with E-state index in [2.05, 4.69) is 0 Å². The first-order chi connectivity index (χ1) is 3.81. The van der Waals surface area contributed by atoms with Gasteiger partial charge < -0.3 is 0 Å². The van der Waals surface area contributed by atoms with Gasteiger partial charge in [0, 0.05) is 0 Å². The van der Waals surface area contributed by atoms with Gasteiger partial charge in [0.2, 0.25) is 0 Å². The van der Waals surface area contributed by atoms with Crippen LogP contribution in [0.3, 0.4) is 0 Å². The van der Waals surface area contributed by atoms with Gasteiger partial charge in [-0.3, -0.25) is 0 Å². The van der Waals surface area contributed by atoms with Gasteiger partial charge in [-0.2, -0.15) is 0 Å². The predicted octanol–water partition coefficient (Wildman–Crippen LogP) is 2.83. The zero-order valence-electron chi connectivity index (χ0n) is 5.32. The van der Waals surface area contributed by atoms with Crippen molar-refractivity contribution in [1.82, 2.24) is 0 Å². The maximum Gasteiger partial charge on any atom is 0.0996 e. The Morgan fingerprint density at radius 2 is 2.25 bits per heavy atom. The average molecular weight is 114 g/mol. The van der Waals surface area contributed by atoms with Crippen molar-refractivity contribution in [3.05, 3.63) is 24.1 Å². The van der Waals surface area contributed by atoms with Crippen molar-refractivity contribution in [3.8, 4) is 0 Å². The fraction of sp³-hybridized carbons (Fsp3) is 0.429. The first-order valence-electron chi connectivity index (χ1n) is 2.78. The molecular formula is C7H11F. The molecule has 0 radical (unpaired) electrons.